The molecule has 0 radical (unpaired) electrons. The molecule has 0 aliphatic carbocycles. The fourth-order valence-electron chi connectivity index (χ4n) is 2.50. The van der Waals surface area contributed by atoms with Crippen molar-refractivity contribution in [3.63, 3.8) is 0 Å². The lowest BCUT2D eigenvalue weighted by molar-refractivity contribution is 0.100. The van der Waals surface area contributed by atoms with E-state index in [-0.39, 0.29) is 5.91 Å². The molecular weight excluding hydrogens is 238 g/mol. The molecule has 1 atom stereocenters. The second-order valence-electron chi connectivity index (χ2n) is 5.35. The van der Waals surface area contributed by atoms with Gasteiger partial charge in [0.25, 0.3) is 0 Å². The van der Waals surface area contributed by atoms with Crippen molar-refractivity contribution in [1.82, 2.24) is 10.2 Å². The molecule has 1 aromatic carbocycles. The van der Waals surface area contributed by atoms with Gasteiger partial charge in [-0.05, 0) is 50.6 Å². The van der Waals surface area contributed by atoms with E-state index < -0.39 is 0 Å². The number of nitrogens with two attached hydrogens (primary N) is 1. The van der Waals surface area contributed by atoms with Crippen LogP contribution in [0.5, 0.6) is 0 Å². The Bertz CT molecular complexity index is 410. The minimum Gasteiger partial charge on any atom is -0.366 e. The molecular formula is C15H23N3O. The second kappa shape index (κ2) is 6.68. The van der Waals surface area contributed by atoms with E-state index >= 15 is 0 Å². The maximum absolute atomic E-state index is 11.0. The predicted octanol–water partition coefficient (Wildman–Crippen LogP) is 1.36. The first-order valence-electron chi connectivity index (χ1n) is 6.99. The average molecular weight is 261 g/mol. The molecule has 0 saturated carbocycles. The molecule has 1 saturated heterocycles. The summed E-state index contributed by atoms with van der Waals surface area (Å²) < 4.78 is 0. The van der Waals surface area contributed by atoms with E-state index in [0.29, 0.717) is 11.6 Å². The number of nitrogens with one attached hydrogen (secondary N) is 1. The first kappa shape index (κ1) is 14.0. The van der Waals surface area contributed by atoms with Gasteiger partial charge in [-0.25, -0.2) is 0 Å². The highest BCUT2D eigenvalue weighted by Crippen LogP contribution is 2.08. The number of carbonyl (C=O) groups excluding carboxylic acids is 1. The van der Waals surface area contributed by atoms with Crippen molar-refractivity contribution in [1.29, 1.82) is 0 Å². The summed E-state index contributed by atoms with van der Waals surface area (Å²) in [4.78, 5) is 13.5. The molecule has 0 spiro atoms. The van der Waals surface area contributed by atoms with E-state index in [1.807, 2.05) is 12.1 Å². The minimum absolute atomic E-state index is 0.373. The summed E-state index contributed by atoms with van der Waals surface area (Å²) in [5, 5.41) is 3.52. The lowest BCUT2D eigenvalue weighted by Crippen LogP contribution is -2.37. The van der Waals surface area contributed by atoms with Gasteiger partial charge in [-0.2, -0.15) is 0 Å². The van der Waals surface area contributed by atoms with Gasteiger partial charge in [0.2, 0.25) is 5.91 Å². The Morgan fingerprint density at radius 2 is 1.95 bits per heavy atom. The molecule has 3 N–H and O–H groups in total. The van der Waals surface area contributed by atoms with E-state index in [1.54, 1.807) is 12.1 Å². The third-order valence-corrected chi connectivity index (χ3v) is 3.62. The summed E-state index contributed by atoms with van der Waals surface area (Å²) >= 11 is 0. The van der Waals surface area contributed by atoms with Crippen molar-refractivity contribution in [2.45, 2.75) is 32.4 Å². The van der Waals surface area contributed by atoms with Crippen LogP contribution in [-0.2, 0) is 6.54 Å². The Morgan fingerprint density at radius 3 is 2.53 bits per heavy atom. The van der Waals surface area contributed by atoms with Crippen LogP contribution >= 0.6 is 0 Å². The maximum atomic E-state index is 11.0. The van der Waals surface area contributed by atoms with Crippen molar-refractivity contribution in [2.24, 2.45) is 5.73 Å². The topological polar surface area (TPSA) is 58.4 Å². The van der Waals surface area contributed by atoms with Crippen LogP contribution in [-0.4, -0.2) is 36.5 Å². The molecule has 2 rings (SSSR count). The van der Waals surface area contributed by atoms with Crippen molar-refractivity contribution in [2.75, 3.05) is 19.6 Å². The van der Waals surface area contributed by atoms with E-state index in [1.165, 1.54) is 31.5 Å². The summed E-state index contributed by atoms with van der Waals surface area (Å²) in [5.74, 6) is -0.373. The molecule has 0 aromatic heterocycles. The Kier molecular flexibility index (Phi) is 4.93. The normalized spacial score (nSPS) is 17.5. The van der Waals surface area contributed by atoms with E-state index in [0.717, 1.165) is 13.1 Å². The van der Waals surface area contributed by atoms with Gasteiger partial charge in [-0.3, -0.25) is 4.79 Å². The molecule has 1 aliphatic heterocycles. The number of nitrogens with zero attached hydrogens (tertiary/aromatic N) is 1. The van der Waals surface area contributed by atoms with Crippen molar-refractivity contribution in [3.05, 3.63) is 35.4 Å². The van der Waals surface area contributed by atoms with Crippen LogP contribution in [0.3, 0.4) is 0 Å². The van der Waals surface area contributed by atoms with Gasteiger partial charge < -0.3 is 16.0 Å². The number of amides is 1. The largest absolute Gasteiger partial charge is 0.366 e. The number of hydrogen-bond donors (Lipinski definition) is 2. The van der Waals surface area contributed by atoms with Crippen molar-refractivity contribution < 1.29 is 4.79 Å². The Labute approximate surface area is 115 Å². The van der Waals surface area contributed by atoms with Gasteiger partial charge in [0.15, 0.2) is 0 Å². The van der Waals surface area contributed by atoms with Crippen LogP contribution in [0.4, 0.5) is 0 Å². The lowest BCUT2D eigenvalue weighted by atomic mass is 10.1. The van der Waals surface area contributed by atoms with Crippen LogP contribution in [0.25, 0.3) is 0 Å². The standard InChI is InChI=1S/C15H23N3O/c1-12(11-18-8-2-3-9-18)17-10-13-4-6-14(7-5-13)15(16)19/h4-7,12,17H,2-3,8-11H2,1H3,(H2,16,19). The molecule has 4 heteroatoms. The summed E-state index contributed by atoms with van der Waals surface area (Å²) in [7, 11) is 0. The molecule has 4 nitrogen and oxygen atoms in total. The summed E-state index contributed by atoms with van der Waals surface area (Å²) in [5.41, 5.74) is 6.96. The lowest BCUT2D eigenvalue weighted by Gasteiger charge is -2.21. The van der Waals surface area contributed by atoms with E-state index in [2.05, 4.69) is 17.1 Å². The fourth-order valence-corrected chi connectivity index (χ4v) is 2.50. The van der Waals surface area contributed by atoms with Gasteiger partial charge in [0, 0.05) is 24.7 Å². The average Bonchev–Trinajstić information content (AvgIpc) is 2.89. The molecule has 1 aromatic rings. The highest BCUT2D eigenvalue weighted by atomic mass is 16.1. The van der Waals surface area contributed by atoms with E-state index in [9.17, 15) is 4.79 Å². The molecule has 19 heavy (non-hydrogen) atoms. The Balaban J connectivity index is 1.76. The molecule has 0 bridgehead atoms. The molecule has 1 heterocycles. The number of primary amides is 1. The molecule has 1 amide bonds. The van der Waals surface area contributed by atoms with Gasteiger partial charge in [0.05, 0.1) is 0 Å². The zero-order chi connectivity index (χ0) is 13.7. The Morgan fingerprint density at radius 1 is 1.32 bits per heavy atom. The highest BCUT2D eigenvalue weighted by Gasteiger charge is 2.14. The van der Waals surface area contributed by atoms with Crippen LogP contribution in [0.2, 0.25) is 0 Å². The number of carbonyl (C=O) groups is 1. The summed E-state index contributed by atoms with van der Waals surface area (Å²) in [6, 6.07) is 7.95. The molecule has 1 aliphatic rings. The predicted molar refractivity (Wildman–Crippen MR) is 76.9 cm³/mol. The number of hydrogen-bond acceptors (Lipinski definition) is 3. The van der Waals surface area contributed by atoms with Gasteiger partial charge in [-0.15, -0.1) is 0 Å². The minimum atomic E-state index is -0.373. The number of likely N-dealkylation sites (tertiary alicyclic amines) is 1. The monoisotopic (exact) mass is 261 g/mol. The summed E-state index contributed by atoms with van der Waals surface area (Å²) in [6.45, 7) is 6.63. The first-order valence-corrected chi connectivity index (χ1v) is 6.99. The van der Waals surface area contributed by atoms with Gasteiger partial charge in [0.1, 0.15) is 0 Å². The highest BCUT2D eigenvalue weighted by molar-refractivity contribution is 5.92. The smallest absolute Gasteiger partial charge is 0.248 e. The zero-order valence-corrected chi connectivity index (χ0v) is 11.6. The third-order valence-electron chi connectivity index (χ3n) is 3.62. The van der Waals surface area contributed by atoms with Gasteiger partial charge in [-0.1, -0.05) is 12.1 Å². The second-order valence-corrected chi connectivity index (χ2v) is 5.35. The molecule has 1 fully saturated rings. The SMILES string of the molecule is CC(CN1CCCC1)NCc1ccc(C(N)=O)cc1. The summed E-state index contributed by atoms with van der Waals surface area (Å²) in [6.07, 6.45) is 2.67. The fraction of sp³-hybridized carbons (Fsp3) is 0.533. The molecule has 1 unspecified atom stereocenters. The quantitative estimate of drug-likeness (QED) is 0.813. The Hall–Kier alpha value is -1.39. The zero-order valence-electron chi connectivity index (χ0n) is 11.6. The van der Waals surface area contributed by atoms with Crippen LogP contribution < -0.4 is 11.1 Å². The van der Waals surface area contributed by atoms with Crippen LogP contribution in [0, 0.1) is 0 Å². The van der Waals surface area contributed by atoms with Crippen molar-refractivity contribution >= 4 is 5.91 Å². The van der Waals surface area contributed by atoms with Crippen LogP contribution in [0.1, 0.15) is 35.7 Å². The molecule has 104 valence electrons. The van der Waals surface area contributed by atoms with Crippen LogP contribution in [0.15, 0.2) is 24.3 Å². The maximum Gasteiger partial charge on any atom is 0.248 e. The number of rotatable bonds is 6. The van der Waals surface area contributed by atoms with Crippen molar-refractivity contribution in [3.8, 4) is 0 Å². The van der Waals surface area contributed by atoms with E-state index in [4.69, 9.17) is 5.73 Å². The van der Waals surface area contributed by atoms with Gasteiger partial charge >= 0.3 is 0 Å². The number of benzene rings is 1. The first-order chi connectivity index (χ1) is 9.15. The third kappa shape index (κ3) is 4.33.